The van der Waals surface area contributed by atoms with E-state index in [1.54, 1.807) is 0 Å². The van der Waals surface area contributed by atoms with Crippen molar-refractivity contribution in [3.63, 3.8) is 0 Å². The normalized spacial score (nSPS) is 23.9. The van der Waals surface area contributed by atoms with Gasteiger partial charge in [0.2, 0.25) is 0 Å². The van der Waals surface area contributed by atoms with Crippen molar-refractivity contribution < 1.29 is 34.8 Å². The van der Waals surface area contributed by atoms with Crippen LogP contribution >= 0.6 is 0 Å². The summed E-state index contributed by atoms with van der Waals surface area (Å²) in [6.45, 7) is 13.5. The van der Waals surface area contributed by atoms with Crippen molar-refractivity contribution in [3.05, 3.63) is 7.43 Å². The number of rotatable bonds is 1. The first-order chi connectivity index (χ1) is 6.27. The van der Waals surface area contributed by atoms with Gasteiger partial charge in [0.15, 0.2) is 0 Å². The Bertz CT molecular complexity index is 91.8. The number of aliphatic hydroxyl groups excluding tert-OH is 1. The Morgan fingerprint density at radius 3 is 1.20 bits per heavy atom. The number of hydrogen-bond donors (Lipinski definition) is 1. The molecule has 1 saturated carbocycles. The molecule has 4 heteroatoms. The van der Waals surface area contributed by atoms with Crippen LogP contribution in [0.4, 0.5) is 0 Å². The van der Waals surface area contributed by atoms with Crippen molar-refractivity contribution in [2.24, 2.45) is 17.8 Å². The second-order valence-corrected chi connectivity index (χ2v) is 2.79. The summed E-state index contributed by atoms with van der Waals surface area (Å²) in [5.41, 5.74) is 0. The monoisotopic (exact) mass is 396 g/mol. The predicted molar refractivity (Wildman–Crippen MR) is 60.2 cm³/mol. The third-order valence-corrected chi connectivity index (χ3v) is 2.51. The zero-order valence-corrected chi connectivity index (χ0v) is 12.6. The molecule has 0 saturated heterocycles. The van der Waals surface area contributed by atoms with Crippen molar-refractivity contribution in [1.82, 2.24) is 0 Å². The van der Waals surface area contributed by atoms with Crippen molar-refractivity contribution >= 4 is 13.6 Å². The molecule has 0 spiro atoms. The number of hydrogen-bond acceptors (Lipinski definition) is 3. The van der Waals surface area contributed by atoms with Crippen molar-refractivity contribution in [3.8, 4) is 0 Å². The van der Waals surface area contributed by atoms with Crippen LogP contribution in [0.1, 0.15) is 27.2 Å². The van der Waals surface area contributed by atoms with Crippen LogP contribution in [0.3, 0.4) is 0 Å². The Morgan fingerprint density at radius 2 is 1.20 bits per heavy atom. The van der Waals surface area contributed by atoms with E-state index in [1.165, 1.54) is 6.42 Å². The largest absolute Gasteiger partial charge is 3.00 e. The zero-order chi connectivity index (χ0) is 11.4. The molecule has 3 nitrogen and oxygen atoms in total. The van der Waals surface area contributed by atoms with Gasteiger partial charge in [-0.15, -0.1) is 0 Å². The summed E-state index contributed by atoms with van der Waals surface area (Å²) in [5.74, 6) is 3.13. The van der Waals surface area contributed by atoms with Crippen molar-refractivity contribution in [2.45, 2.75) is 27.2 Å². The maximum Gasteiger partial charge on any atom is 3.00 e. The minimum Gasteiger partial charge on any atom is -0.545 e. The van der Waals surface area contributed by atoms with Gasteiger partial charge in [-0.2, -0.15) is 0 Å². The molecule has 0 radical (unpaired) electrons. The maximum atomic E-state index is 7.75. The van der Waals surface area contributed by atoms with E-state index in [0.717, 1.165) is 24.9 Å². The molecule has 1 N–H and O–H groups in total. The molecular formula is C11H23IrO3. The molecule has 0 aliphatic heterocycles. The van der Waals surface area contributed by atoms with Crippen LogP contribution in [0, 0.1) is 25.2 Å². The third kappa shape index (κ3) is 13.9. The van der Waals surface area contributed by atoms with E-state index in [2.05, 4.69) is 34.3 Å². The summed E-state index contributed by atoms with van der Waals surface area (Å²) in [7, 11) is 1.00. The summed E-state index contributed by atoms with van der Waals surface area (Å²) < 4.78 is 0. The Hall–Kier alpha value is -0.0506. The topological polar surface area (TPSA) is 54.4 Å². The number of carbonyl (C=O) groups excluding carboxylic acids is 2. The molecule has 0 aromatic heterocycles. The van der Waals surface area contributed by atoms with Gasteiger partial charge in [0, 0.05) is 7.11 Å². The van der Waals surface area contributed by atoms with Gasteiger partial charge >= 0.3 is 20.1 Å². The standard InChI is InChI=1S/C7H14.CH4O.2CHO.CH3.Ir/c1-4-7-5(2)6(7)3;3*1-2;;/h5-7H,4H2,1-3H3;2H,1H3;2*1H;1H3;/q;;3*-1;+3. The molecule has 1 aliphatic carbocycles. The molecule has 0 aromatic rings. The molecule has 94 valence electrons. The molecule has 1 rings (SSSR count). The second-order valence-electron chi connectivity index (χ2n) is 2.79. The first-order valence-corrected chi connectivity index (χ1v) is 4.19. The summed E-state index contributed by atoms with van der Waals surface area (Å²) in [4.78, 5) is 15.5. The van der Waals surface area contributed by atoms with Gasteiger partial charge < -0.3 is 22.1 Å². The first-order valence-electron chi connectivity index (χ1n) is 4.19. The van der Waals surface area contributed by atoms with E-state index < -0.39 is 0 Å². The van der Waals surface area contributed by atoms with Gasteiger partial charge in [0.05, 0.1) is 0 Å². The molecular weight excluding hydrogens is 372 g/mol. The van der Waals surface area contributed by atoms with E-state index >= 15 is 0 Å². The molecule has 0 heterocycles. The van der Waals surface area contributed by atoms with Crippen LogP contribution in [0.5, 0.6) is 0 Å². The first kappa shape index (κ1) is 29.4. The molecule has 15 heavy (non-hydrogen) atoms. The summed E-state index contributed by atoms with van der Waals surface area (Å²) in [6, 6.07) is 0. The molecule has 0 bridgehead atoms. The molecule has 2 unspecified atom stereocenters. The maximum absolute atomic E-state index is 7.75. The summed E-state index contributed by atoms with van der Waals surface area (Å²) >= 11 is 0. The minimum absolute atomic E-state index is 0. The molecule has 1 fully saturated rings. The van der Waals surface area contributed by atoms with E-state index in [0.29, 0.717) is 0 Å². The third-order valence-electron chi connectivity index (χ3n) is 2.51. The smallest absolute Gasteiger partial charge is 0.545 e. The van der Waals surface area contributed by atoms with E-state index in [-0.39, 0.29) is 27.5 Å². The Morgan fingerprint density at radius 1 is 1.00 bits per heavy atom. The minimum atomic E-state index is 0. The van der Waals surface area contributed by atoms with Gasteiger partial charge in [0.25, 0.3) is 0 Å². The van der Waals surface area contributed by atoms with Crippen LogP contribution in [0.2, 0.25) is 0 Å². The second kappa shape index (κ2) is 23.6. The van der Waals surface area contributed by atoms with Gasteiger partial charge in [-0.25, -0.2) is 0 Å². The average Bonchev–Trinajstić information content (AvgIpc) is 2.83. The summed E-state index contributed by atoms with van der Waals surface area (Å²) in [5, 5.41) is 7.00. The van der Waals surface area contributed by atoms with Crippen molar-refractivity contribution in [2.75, 3.05) is 7.11 Å². The fourth-order valence-corrected chi connectivity index (χ4v) is 1.51. The Kier molecular flexibility index (Phi) is 46.3. The number of aliphatic hydroxyl groups is 1. The fraction of sp³-hybridized carbons (Fsp3) is 0.727. The SMILES string of the molecule is CCC1C(C)C1C.CO.[CH-]=O.[CH-]=O.[CH3-].[Ir+3]. The molecule has 1 aliphatic rings. The van der Waals surface area contributed by atoms with Gasteiger partial charge in [-0.05, 0) is 17.8 Å². The van der Waals surface area contributed by atoms with Crippen LogP contribution in [0.25, 0.3) is 0 Å². The van der Waals surface area contributed by atoms with Crippen molar-refractivity contribution in [1.29, 1.82) is 0 Å². The average molecular weight is 396 g/mol. The van der Waals surface area contributed by atoms with E-state index in [9.17, 15) is 0 Å². The van der Waals surface area contributed by atoms with Gasteiger partial charge in [-0.3, -0.25) is 13.6 Å². The van der Waals surface area contributed by atoms with Crippen LogP contribution < -0.4 is 0 Å². The van der Waals surface area contributed by atoms with Gasteiger partial charge in [-0.1, -0.05) is 27.2 Å². The van der Waals surface area contributed by atoms with Crippen LogP contribution in [-0.4, -0.2) is 25.8 Å². The quantitative estimate of drug-likeness (QED) is 0.544. The fourth-order valence-electron chi connectivity index (χ4n) is 1.51. The predicted octanol–water partition coefficient (Wildman–Crippen LogP) is 1.81. The summed E-state index contributed by atoms with van der Waals surface area (Å²) in [6.07, 6.45) is 1.39. The van der Waals surface area contributed by atoms with E-state index in [4.69, 9.17) is 14.7 Å². The molecule has 0 aromatic carbocycles. The molecule has 2 atom stereocenters. The molecule has 0 amide bonds. The Labute approximate surface area is 108 Å². The van der Waals surface area contributed by atoms with Gasteiger partial charge in [0.1, 0.15) is 0 Å². The van der Waals surface area contributed by atoms with Crippen LogP contribution in [0.15, 0.2) is 0 Å². The Balaban J connectivity index is -0.0000000369. The van der Waals surface area contributed by atoms with E-state index in [1.807, 2.05) is 0 Å². The van der Waals surface area contributed by atoms with Crippen LogP contribution in [-0.2, 0) is 29.7 Å². The zero-order valence-electron chi connectivity index (χ0n) is 10.2.